The third kappa shape index (κ3) is 4.56. The maximum Gasteiger partial charge on any atom is 0.272 e. The normalized spacial score (nSPS) is 10.2. The van der Waals surface area contributed by atoms with E-state index in [1.54, 1.807) is 0 Å². The maximum absolute atomic E-state index is 12.2. The van der Waals surface area contributed by atoms with Crippen molar-refractivity contribution in [3.8, 4) is 5.75 Å². The predicted octanol–water partition coefficient (Wildman–Crippen LogP) is 4.04. The van der Waals surface area contributed by atoms with Gasteiger partial charge in [-0.3, -0.25) is 20.2 Å². The van der Waals surface area contributed by atoms with Gasteiger partial charge in [0.15, 0.2) is 10.9 Å². The number of hydrogen-bond donors (Lipinski definition) is 3. The number of phenols is 1. The Bertz CT molecular complexity index is 866. The molecule has 0 heterocycles. The van der Waals surface area contributed by atoms with Crippen LogP contribution < -0.4 is 10.6 Å². The van der Waals surface area contributed by atoms with Crippen molar-refractivity contribution in [2.75, 3.05) is 5.32 Å². The van der Waals surface area contributed by atoms with Crippen molar-refractivity contribution in [2.24, 2.45) is 0 Å². The summed E-state index contributed by atoms with van der Waals surface area (Å²) in [5, 5.41) is 25.5. The van der Waals surface area contributed by atoms with E-state index < -0.39 is 10.8 Å². The molecule has 2 aromatic rings. The SMILES string of the molecule is Cc1cc(C(=O)NC(=S)Nc2cc(Cl)c(O)c(Cl)c2)ccc1[N+](=O)[O-]. The number of aromatic hydroxyl groups is 1. The molecule has 3 N–H and O–H groups in total. The highest BCUT2D eigenvalue weighted by Crippen LogP contribution is 2.34. The number of nitrogens with one attached hydrogen (secondary N) is 2. The average Bonchev–Trinajstić information content (AvgIpc) is 2.51. The van der Waals surface area contributed by atoms with Gasteiger partial charge in [0, 0.05) is 22.9 Å². The number of phenolic OH excluding ortho intramolecular Hbond substituents is 1. The lowest BCUT2D eigenvalue weighted by atomic mass is 10.1. The second-order valence-corrected chi connectivity index (χ2v) is 6.18. The topological polar surface area (TPSA) is 104 Å². The fourth-order valence-electron chi connectivity index (χ4n) is 1.98. The summed E-state index contributed by atoms with van der Waals surface area (Å²) in [5.74, 6) is -0.795. The van der Waals surface area contributed by atoms with E-state index in [1.165, 1.54) is 37.3 Å². The first kappa shape index (κ1) is 18.9. The Hall–Kier alpha value is -2.42. The van der Waals surface area contributed by atoms with Crippen LogP contribution in [0.15, 0.2) is 30.3 Å². The Morgan fingerprint density at radius 1 is 1.24 bits per heavy atom. The van der Waals surface area contributed by atoms with Crippen LogP contribution >= 0.6 is 35.4 Å². The smallest absolute Gasteiger partial charge is 0.272 e. The number of amides is 1. The van der Waals surface area contributed by atoms with E-state index in [9.17, 15) is 20.0 Å². The summed E-state index contributed by atoms with van der Waals surface area (Å²) in [7, 11) is 0. The number of nitro benzene ring substituents is 1. The van der Waals surface area contributed by atoms with Crippen LogP contribution in [-0.4, -0.2) is 21.0 Å². The summed E-state index contributed by atoms with van der Waals surface area (Å²) in [6, 6.07) is 6.75. The molecule has 0 radical (unpaired) electrons. The number of rotatable bonds is 3. The quantitative estimate of drug-likeness (QED) is 0.311. The largest absolute Gasteiger partial charge is 0.505 e. The van der Waals surface area contributed by atoms with E-state index in [0.29, 0.717) is 11.3 Å². The number of benzene rings is 2. The molecule has 130 valence electrons. The third-order valence-corrected chi connectivity index (χ3v) is 3.94. The monoisotopic (exact) mass is 399 g/mol. The van der Waals surface area contributed by atoms with Gasteiger partial charge in [0.25, 0.3) is 11.6 Å². The third-order valence-electron chi connectivity index (χ3n) is 3.16. The molecule has 25 heavy (non-hydrogen) atoms. The van der Waals surface area contributed by atoms with E-state index in [2.05, 4.69) is 10.6 Å². The fourth-order valence-corrected chi connectivity index (χ4v) is 2.67. The zero-order valence-corrected chi connectivity index (χ0v) is 15.0. The summed E-state index contributed by atoms with van der Waals surface area (Å²) in [4.78, 5) is 22.4. The van der Waals surface area contributed by atoms with Gasteiger partial charge in [-0.1, -0.05) is 23.2 Å². The Labute approximate surface area is 157 Å². The molecule has 0 spiro atoms. The van der Waals surface area contributed by atoms with E-state index in [-0.39, 0.29) is 32.2 Å². The van der Waals surface area contributed by atoms with E-state index in [1.807, 2.05) is 0 Å². The molecule has 0 aliphatic rings. The van der Waals surface area contributed by atoms with Crippen LogP contribution in [0.4, 0.5) is 11.4 Å². The molecular formula is C15H11Cl2N3O4S. The number of aryl methyl sites for hydroxylation is 1. The van der Waals surface area contributed by atoms with E-state index in [4.69, 9.17) is 35.4 Å². The average molecular weight is 400 g/mol. The molecular weight excluding hydrogens is 389 g/mol. The highest BCUT2D eigenvalue weighted by Gasteiger charge is 2.15. The zero-order chi connectivity index (χ0) is 18.7. The lowest BCUT2D eigenvalue weighted by molar-refractivity contribution is -0.385. The van der Waals surface area contributed by atoms with E-state index >= 15 is 0 Å². The van der Waals surface area contributed by atoms with Crippen molar-refractivity contribution >= 4 is 57.8 Å². The predicted molar refractivity (Wildman–Crippen MR) is 99.6 cm³/mol. The minimum absolute atomic E-state index is 0.0233. The summed E-state index contributed by atoms with van der Waals surface area (Å²) in [6.07, 6.45) is 0. The second kappa shape index (κ2) is 7.64. The number of halogens is 2. The Kier molecular flexibility index (Phi) is 5.78. The molecule has 0 bridgehead atoms. The molecule has 0 saturated carbocycles. The van der Waals surface area contributed by atoms with Gasteiger partial charge in [0.1, 0.15) is 0 Å². The molecule has 0 saturated heterocycles. The summed E-state index contributed by atoms with van der Waals surface area (Å²) < 4.78 is 0. The van der Waals surface area contributed by atoms with Crippen molar-refractivity contribution in [3.63, 3.8) is 0 Å². The first-order valence-corrected chi connectivity index (χ1v) is 7.91. The Morgan fingerprint density at radius 3 is 2.36 bits per heavy atom. The number of carbonyl (C=O) groups excluding carboxylic acids is 1. The van der Waals surface area contributed by atoms with Gasteiger partial charge in [-0.15, -0.1) is 0 Å². The van der Waals surface area contributed by atoms with Crippen molar-refractivity contribution in [1.82, 2.24) is 5.32 Å². The maximum atomic E-state index is 12.2. The number of nitrogens with zero attached hydrogens (tertiary/aromatic N) is 1. The highest BCUT2D eigenvalue weighted by atomic mass is 35.5. The molecule has 7 nitrogen and oxygen atoms in total. The van der Waals surface area contributed by atoms with Crippen LogP contribution in [0.5, 0.6) is 5.75 Å². The molecule has 0 aliphatic heterocycles. The number of nitro groups is 1. The molecule has 0 unspecified atom stereocenters. The Morgan fingerprint density at radius 2 is 1.84 bits per heavy atom. The van der Waals surface area contributed by atoms with Gasteiger partial charge in [0.05, 0.1) is 15.0 Å². The number of thiocarbonyl (C=S) groups is 1. The lowest BCUT2D eigenvalue weighted by Crippen LogP contribution is -2.34. The van der Waals surface area contributed by atoms with Gasteiger partial charge in [-0.05, 0) is 43.4 Å². The van der Waals surface area contributed by atoms with Gasteiger partial charge in [-0.25, -0.2) is 0 Å². The molecule has 1 amide bonds. The van der Waals surface area contributed by atoms with Crippen LogP contribution in [0.2, 0.25) is 10.0 Å². The second-order valence-electron chi connectivity index (χ2n) is 4.96. The Balaban J connectivity index is 2.09. The van der Waals surface area contributed by atoms with Crippen LogP contribution in [0.3, 0.4) is 0 Å². The molecule has 0 atom stereocenters. The lowest BCUT2D eigenvalue weighted by Gasteiger charge is -2.11. The first-order valence-electron chi connectivity index (χ1n) is 6.74. The minimum atomic E-state index is -0.536. The van der Waals surface area contributed by atoms with Crippen molar-refractivity contribution in [1.29, 1.82) is 0 Å². The van der Waals surface area contributed by atoms with Gasteiger partial charge in [0.2, 0.25) is 0 Å². The number of carbonyl (C=O) groups is 1. The number of hydrogen-bond acceptors (Lipinski definition) is 5. The summed E-state index contributed by atoms with van der Waals surface area (Å²) in [6.45, 7) is 1.53. The molecule has 0 fully saturated rings. The fraction of sp³-hybridized carbons (Fsp3) is 0.0667. The standard InChI is InChI=1S/C15H11Cl2N3O4S/c1-7-4-8(2-3-12(7)20(23)24)14(22)19-15(25)18-9-5-10(16)13(21)11(17)6-9/h2-6,21H,1H3,(H2,18,19,22,25). The molecule has 0 aliphatic carbocycles. The van der Waals surface area contributed by atoms with Gasteiger partial charge in [-0.2, -0.15) is 0 Å². The minimum Gasteiger partial charge on any atom is -0.505 e. The van der Waals surface area contributed by atoms with Crippen LogP contribution in [0, 0.1) is 17.0 Å². The van der Waals surface area contributed by atoms with Crippen LogP contribution in [0.25, 0.3) is 0 Å². The first-order chi connectivity index (χ1) is 11.7. The van der Waals surface area contributed by atoms with Crippen LogP contribution in [-0.2, 0) is 0 Å². The van der Waals surface area contributed by atoms with Crippen LogP contribution in [0.1, 0.15) is 15.9 Å². The molecule has 2 rings (SSSR count). The molecule has 0 aromatic heterocycles. The highest BCUT2D eigenvalue weighted by molar-refractivity contribution is 7.80. The van der Waals surface area contributed by atoms with Crippen molar-refractivity contribution < 1.29 is 14.8 Å². The molecule has 10 heteroatoms. The van der Waals surface area contributed by atoms with E-state index in [0.717, 1.165) is 0 Å². The van der Waals surface area contributed by atoms with Crippen molar-refractivity contribution in [2.45, 2.75) is 6.92 Å². The zero-order valence-electron chi connectivity index (χ0n) is 12.7. The summed E-state index contributed by atoms with van der Waals surface area (Å²) >= 11 is 16.6. The van der Waals surface area contributed by atoms with Crippen molar-refractivity contribution in [3.05, 3.63) is 61.6 Å². The summed E-state index contributed by atoms with van der Waals surface area (Å²) in [5.41, 5.74) is 0.867. The molecule has 2 aromatic carbocycles. The van der Waals surface area contributed by atoms with Gasteiger partial charge < -0.3 is 10.4 Å². The van der Waals surface area contributed by atoms with Gasteiger partial charge >= 0.3 is 0 Å². The number of anilines is 1.